The molecule has 2 aromatic rings. The second-order valence-corrected chi connectivity index (χ2v) is 3.39. The summed E-state index contributed by atoms with van der Waals surface area (Å²) in [6, 6.07) is 9.34. The molecule has 0 aliphatic carbocycles. The van der Waals surface area contributed by atoms with Gasteiger partial charge in [-0.2, -0.15) is 5.26 Å². The molecule has 4 heteroatoms. The molecule has 1 aromatic heterocycles. The van der Waals surface area contributed by atoms with Crippen LogP contribution in [0.5, 0.6) is 0 Å². The monoisotopic (exact) mass is 211 g/mol. The number of hydrogen-bond donors (Lipinski definition) is 1. The third-order valence-corrected chi connectivity index (χ3v) is 2.23. The Morgan fingerprint density at radius 2 is 2.12 bits per heavy atom. The van der Waals surface area contributed by atoms with E-state index in [1.54, 1.807) is 12.1 Å². The first-order valence-electron chi connectivity index (χ1n) is 4.80. The van der Waals surface area contributed by atoms with Gasteiger partial charge in [-0.3, -0.25) is 4.79 Å². The summed E-state index contributed by atoms with van der Waals surface area (Å²) in [7, 11) is 0. The van der Waals surface area contributed by atoms with E-state index in [2.05, 4.69) is 16.0 Å². The summed E-state index contributed by atoms with van der Waals surface area (Å²) in [5, 5.41) is 8.65. The number of imidazole rings is 1. The largest absolute Gasteiger partial charge is 0.340 e. The van der Waals surface area contributed by atoms with Crippen LogP contribution in [0.25, 0.3) is 0 Å². The molecule has 0 spiro atoms. The number of H-pyrrole nitrogens is 1. The summed E-state index contributed by atoms with van der Waals surface area (Å²) in [5.74, 6) is 0.742. The highest BCUT2D eigenvalue weighted by atomic mass is 16.1. The van der Waals surface area contributed by atoms with Crippen molar-refractivity contribution in [3.8, 4) is 6.07 Å². The molecule has 0 amide bonds. The van der Waals surface area contributed by atoms with Gasteiger partial charge in [-0.1, -0.05) is 12.1 Å². The van der Waals surface area contributed by atoms with Gasteiger partial charge < -0.3 is 4.98 Å². The van der Waals surface area contributed by atoms with E-state index >= 15 is 0 Å². The third-order valence-electron chi connectivity index (χ3n) is 2.23. The quantitative estimate of drug-likeness (QED) is 0.785. The minimum atomic E-state index is 0.476. The Morgan fingerprint density at radius 3 is 2.69 bits per heavy atom. The van der Waals surface area contributed by atoms with Crippen molar-refractivity contribution in [1.82, 2.24) is 9.97 Å². The molecular weight excluding hydrogens is 202 g/mol. The highest BCUT2D eigenvalue weighted by molar-refractivity contribution is 5.71. The van der Waals surface area contributed by atoms with Crippen LogP contribution in [-0.4, -0.2) is 16.3 Å². The van der Waals surface area contributed by atoms with Gasteiger partial charge in [-0.05, 0) is 17.7 Å². The van der Waals surface area contributed by atoms with Crippen molar-refractivity contribution in [1.29, 1.82) is 5.26 Å². The second-order valence-electron chi connectivity index (χ2n) is 3.39. The average molecular weight is 211 g/mol. The SMILES string of the molecule is N#Cc1ccc(Cc2ncc(C=O)[nH]2)cc1. The number of aromatic nitrogens is 2. The van der Waals surface area contributed by atoms with Gasteiger partial charge in [0.15, 0.2) is 6.29 Å². The molecule has 0 saturated heterocycles. The average Bonchev–Trinajstić information content (AvgIpc) is 2.78. The number of hydrogen-bond acceptors (Lipinski definition) is 3. The van der Waals surface area contributed by atoms with Gasteiger partial charge in [0.2, 0.25) is 0 Å². The molecule has 1 aromatic carbocycles. The van der Waals surface area contributed by atoms with Crippen molar-refractivity contribution < 1.29 is 4.79 Å². The third kappa shape index (κ3) is 2.15. The molecule has 0 radical (unpaired) electrons. The topological polar surface area (TPSA) is 69.5 Å². The Morgan fingerprint density at radius 1 is 1.38 bits per heavy atom. The number of benzene rings is 1. The zero-order chi connectivity index (χ0) is 11.4. The van der Waals surface area contributed by atoms with E-state index in [9.17, 15) is 4.79 Å². The van der Waals surface area contributed by atoms with E-state index < -0.39 is 0 Å². The van der Waals surface area contributed by atoms with Crippen molar-refractivity contribution in [2.45, 2.75) is 6.42 Å². The minimum Gasteiger partial charge on any atom is -0.340 e. The summed E-state index contributed by atoms with van der Waals surface area (Å²) < 4.78 is 0. The molecule has 0 unspecified atom stereocenters. The molecular formula is C12H9N3O. The van der Waals surface area contributed by atoms with Crippen molar-refractivity contribution in [3.63, 3.8) is 0 Å². The molecule has 1 N–H and O–H groups in total. The number of carbonyl (C=O) groups excluding carboxylic acids is 1. The number of nitrogens with one attached hydrogen (secondary N) is 1. The fourth-order valence-corrected chi connectivity index (χ4v) is 1.42. The van der Waals surface area contributed by atoms with Crippen molar-refractivity contribution >= 4 is 6.29 Å². The van der Waals surface area contributed by atoms with Gasteiger partial charge in [0.25, 0.3) is 0 Å². The Balaban J connectivity index is 2.14. The maximum Gasteiger partial charge on any atom is 0.167 e. The molecule has 16 heavy (non-hydrogen) atoms. The van der Waals surface area contributed by atoms with E-state index in [1.807, 2.05) is 12.1 Å². The van der Waals surface area contributed by atoms with Gasteiger partial charge in [0.1, 0.15) is 5.82 Å². The molecule has 2 rings (SSSR count). The first-order valence-corrected chi connectivity index (χ1v) is 4.80. The second kappa shape index (κ2) is 4.41. The van der Waals surface area contributed by atoms with Crippen LogP contribution in [0.3, 0.4) is 0 Å². The van der Waals surface area contributed by atoms with Crippen LogP contribution >= 0.6 is 0 Å². The molecule has 1 heterocycles. The number of nitrogens with zero attached hydrogens (tertiary/aromatic N) is 2. The molecule has 0 bridgehead atoms. The number of carbonyl (C=O) groups is 1. The highest BCUT2D eigenvalue weighted by Gasteiger charge is 2.01. The lowest BCUT2D eigenvalue weighted by molar-refractivity contribution is 0.111. The van der Waals surface area contributed by atoms with Crippen LogP contribution in [-0.2, 0) is 6.42 Å². The standard InChI is InChI=1S/C12H9N3O/c13-6-10-3-1-9(2-4-10)5-12-14-7-11(8-16)15-12/h1-4,7-8H,5H2,(H,14,15). The molecule has 4 nitrogen and oxygen atoms in total. The molecule has 0 saturated carbocycles. The predicted octanol–water partition coefficient (Wildman–Crippen LogP) is 1.68. The summed E-state index contributed by atoms with van der Waals surface area (Å²) in [6.45, 7) is 0. The molecule has 0 atom stereocenters. The van der Waals surface area contributed by atoms with E-state index in [0.29, 0.717) is 17.7 Å². The van der Waals surface area contributed by atoms with Crippen LogP contribution in [0.1, 0.15) is 27.4 Å². The summed E-state index contributed by atoms with van der Waals surface area (Å²) in [4.78, 5) is 17.4. The Hall–Kier alpha value is -2.41. The molecule has 0 aliphatic rings. The van der Waals surface area contributed by atoms with Gasteiger partial charge in [0.05, 0.1) is 23.5 Å². The van der Waals surface area contributed by atoms with Crippen LogP contribution in [0.15, 0.2) is 30.5 Å². The normalized spacial score (nSPS) is 9.69. The zero-order valence-electron chi connectivity index (χ0n) is 8.47. The van der Waals surface area contributed by atoms with Gasteiger partial charge in [-0.25, -0.2) is 4.98 Å². The van der Waals surface area contributed by atoms with Crippen molar-refractivity contribution in [3.05, 3.63) is 53.1 Å². The number of aldehydes is 1. The number of rotatable bonds is 3. The van der Waals surface area contributed by atoms with Crippen molar-refractivity contribution in [2.75, 3.05) is 0 Å². The van der Waals surface area contributed by atoms with Crippen molar-refractivity contribution in [2.24, 2.45) is 0 Å². The lowest BCUT2D eigenvalue weighted by atomic mass is 10.1. The number of aromatic amines is 1. The molecule has 0 aliphatic heterocycles. The van der Waals surface area contributed by atoms with Crippen LogP contribution in [0.2, 0.25) is 0 Å². The van der Waals surface area contributed by atoms with E-state index in [-0.39, 0.29) is 0 Å². The Labute approximate surface area is 92.6 Å². The summed E-state index contributed by atoms with van der Waals surface area (Å²) >= 11 is 0. The van der Waals surface area contributed by atoms with Gasteiger partial charge in [0, 0.05) is 6.42 Å². The molecule has 0 fully saturated rings. The fourth-order valence-electron chi connectivity index (χ4n) is 1.42. The lowest BCUT2D eigenvalue weighted by Gasteiger charge is -1.97. The molecule has 78 valence electrons. The predicted molar refractivity (Wildman–Crippen MR) is 57.9 cm³/mol. The summed E-state index contributed by atoms with van der Waals surface area (Å²) in [5.41, 5.74) is 2.16. The number of nitriles is 1. The first kappa shape index (κ1) is 10.1. The van der Waals surface area contributed by atoms with Crippen LogP contribution in [0, 0.1) is 11.3 Å². The van der Waals surface area contributed by atoms with Gasteiger partial charge >= 0.3 is 0 Å². The lowest BCUT2D eigenvalue weighted by Crippen LogP contribution is -1.91. The first-order chi connectivity index (χ1) is 7.81. The fraction of sp³-hybridized carbons (Fsp3) is 0.0833. The van der Waals surface area contributed by atoms with E-state index in [1.165, 1.54) is 6.20 Å². The Kier molecular flexibility index (Phi) is 2.79. The Bertz CT molecular complexity index is 534. The van der Waals surface area contributed by atoms with Gasteiger partial charge in [-0.15, -0.1) is 0 Å². The van der Waals surface area contributed by atoms with E-state index in [0.717, 1.165) is 17.7 Å². The maximum absolute atomic E-state index is 10.4. The minimum absolute atomic E-state index is 0.476. The zero-order valence-corrected chi connectivity index (χ0v) is 8.47. The smallest absolute Gasteiger partial charge is 0.167 e. The highest BCUT2D eigenvalue weighted by Crippen LogP contribution is 2.08. The maximum atomic E-state index is 10.4. The summed E-state index contributed by atoms with van der Waals surface area (Å²) in [6.07, 6.45) is 2.86. The van der Waals surface area contributed by atoms with Crippen LogP contribution in [0.4, 0.5) is 0 Å². The van der Waals surface area contributed by atoms with Crippen LogP contribution < -0.4 is 0 Å². The van der Waals surface area contributed by atoms with E-state index in [4.69, 9.17) is 5.26 Å².